The number of nitrogens with zero attached hydrogens (tertiary/aromatic N) is 2. The first-order valence-electron chi connectivity index (χ1n) is 6.66. The molecule has 2 aromatic rings. The molecule has 0 saturated heterocycles. The molecule has 0 fully saturated rings. The maximum atomic E-state index is 12.3. The van der Waals surface area contributed by atoms with Gasteiger partial charge in [0, 0.05) is 17.4 Å². The van der Waals surface area contributed by atoms with E-state index in [9.17, 15) is 9.59 Å². The Morgan fingerprint density at radius 3 is 2.62 bits per heavy atom. The fourth-order valence-corrected chi connectivity index (χ4v) is 2.42. The summed E-state index contributed by atoms with van der Waals surface area (Å²) in [5, 5.41) is 9.00. The van der Waals surface area contributed by atoms with E-state index in [2.05, 4.69) is 4.98 Å². The number of hydrogen-bond acceptors (Lipinski definition) is 3. The van der Waals surface area contributed by atoms with Gasteiger partial charge in [-0.2, -0.15) is 0 Å². The molecule has 1 aromatic heterocycles. The van der Waals surface area contributed by atoms with Crippen molar-refractivity contribution in [2.24, 2.45) is 0 Å². The third kappa shape index (κ3) is 2.27. The molecule has 106 valence electrons. The molecule has 0 saturated carbocycles. The number of anilines is 1. The van der Waals surface area contributed by atoms with Crippen LogP contribution in [0.5, 0.6) is 0 Å². The number of amides is 1. The van der Waals surface area contributed by atoms with E-state index in [-0.39, 0.29) is 5.91 Å². The molecule has 1 aromatic carbocycles. The number of carbonyl (C=O) groups is 2. The number of carbonyl (C=O) groups excluding carboxylic acids is 1. The largest absolute Gasteiger partial charge is 0.481 e. The molecule has 1 N–H and O–H groups in total. The Hall–Kier alpha value is -2.69. The third-order valence-corrected chi connectivity index (χ3v) is 3.74. The van der Waals surface area contributed by atoms with E-state index in [1.54, 1.807) is 42.3 Å². The molecular weight excluding hydrogens is 268 g/mol. The second-order valence-electron chi connectivity index (χ2n) is 5.05. The number of rotatable bonds is 3. The fraction of sp³-hybridized carbons (Fsp3) is 0.188. The highest BCUT2D eigenvalue weighted by molar-refractivity contribution is 6.08. The summed E-state index contributed by atoms with van der Waals surface area (Å²) >= 11 is 0. The van der Waals surface area contributed by atoms with E-state index in [0.717, 1.165) is 11.3 Å². The summed E-state index contributed by atoms with van der Waals surface area (Å²) in [6, 6.07) is 10.8. The molecule has 0 spiro atoms. The van der Waals surface area contributed by atoms with Crippen molar-refractivity contribution in [3.63, 3.8) is 0 Å². The smallest absolute Gasteiger partial charge is 0.310 e. The first-order valence-corrected chi connectivity index (χ1v) is 6.66. The number of carboxylic acid groups (broad SMARTS) is 1. The van der Waals surface area contributed by atoms with Gasteiger partial charge in [0.1, 0.15) is 5.69 Å². The molecule has 21 heavy (non-hydrogen) atoms. The second-order valence-corrected chi connectivity index (χ2v) is 5.05. The summed E-state index contributed by atoms with van der Waals surface area (Å²) < 4.78 is 0. The Bertz CT molecular complexity index is 710. The van der Waals surface area contributed by atoms with Crippen LogP contribution in [-0.4, -0.2) is 22.0 Å². The van der Waals surface area contributed by atoms with Crippen LogP contribution in [0, 0.1) is 0 Å². The van der Waals surface area contributed by atoms with Gasteiger partial charge in [0.15, 0.2) is 0 Å². The predicted molar refractivity (Wildman–Crippen MR) is 77.2 cm³/mol. The van der Waals surface area contributed by atoms with Crippen LogP contribution in [0.2, 0.25) is 0 Å². The second kappa shape index (κ2) is 5.01. The van der Waals surface area contributed by atoms with Gasteiger partial charge in [0.2, 0.25) is 0 Å². The van der Waals surface area contributed by atoms with Crippen LogP contribution in [0.25, 0.3) is 0 Å². The van der Waals surface area contributed by atoms with Crippen molar-refractivity contribution in [2.45, 2.75) is 19.4 Å². The van der Waals surface area contributed by atoms with Crippen molar-refractivity contribution in [1.29, 1.82) is 0 Å². The summed E-state index contributed by atoms with van der Waals surface area (Å²) in [4.78, 5) is 29.0. The number of carboxylic acids is 1. The molecular formula is C16H14N2O3. The van der Waals surface area contributed by atoms with Gasteiger partial charge in [-0.05, 0) is 30.7 Å². The highest BCUT2D eigenvalue weighted by Crippen LogP contribution is 2.28. The minimum absolute atomic E-state index is 0.121. The van der Waals surface area contributed by atoms with Gasteiger partial charge in [0.05, 0.1) is 12.5 Å². The molecule has 0 radical (unpaired) electrons. The van der Waals surface area contributed by atoms with E-state index in [1.807, 2.05) is 12.1 Å². The molecule has 0 bridgehead atoms. The van der Waals surface area contributed by atoms with Crippen molar-refractivity contribution < 1.29 is 14.7 Å². The normalized spacial score (nSPS) is 14.9. The molecule has 2 heterocycles. The van der Waals surface area contributed by atoms with E-state index >= 15 is 0 Å². The Kier molecular flexibility index (Phi) is 3.17. The van der Waals surface area contributed by atoms with Crippen LogP contribution in [0.15, 0.2) is 42.6 Å². The van der Waals surface area contributed by atoms with Gasteiger partial charge in [-0.1, -0.05) is 18.2 Å². The number of pyridine rings is 1. The van der Waals surface area contributed by atoms with Gasteiger partial charge in [-0.25, -0.2) is 0 Å². The van der Waals surface area contributed by atoms with Gasteiger partial charge in [-0.3, -0.25) is 14.6 Å². The molecule has 5 nitrogen and oxygen atoms in total. The SMILES string of the molecule is CC(C(=O)O)c1ccc(N2Cc3cccnc3C2=O)cc1. The lowest BCUT2D eigenvalue weighted by atomic mass is 10.0. The molecule has 5 heteroatoms. The Balaban J connectivity index is 1.87. The number of aromatic nitrogens is 1. The van der Waals surface area contributed by atoms with Crippen molar-refractivity contribution in [3.05, 3.63) is 59.4 Å². The Labute approximate surface area is 121 Å². The number of aliphatic carboxylic acids is 1. The minimum atomic E-state index is -0.864. The van der Waals surface area contributed by atoms with Crippen LogP contribution < -0.4 is 4.90 Å². The first kappa shape index (κ1) is 13.3. The van der Waals surface area contributed by atoms with E-state index < -0.39 is 11.9 Å². The fourth-order valence-electron chi connectivity index (χ4n) is 2.42. The number of benzene rings is 1. The molecule has 1 amide bonds. The quantitative estimate of drug-likeness (QED) is 0.938. The number of fused-ring (bicyclic) bond motifs is 1. The van der Waals surface area contributed by atoms with Gasteiger partial charge in [-0.15, -0.1) is 0 Å². The van der Waals surface area contributed by atoms with Crippen molar-refractivity contribution >= 4 is 17.6 Å². The summed E-state index contributed by atoms with van der Waals surface area (Å²) in [5.41, 5.74) is 2.86. The van der Waals surface area contributed by atoms with Crippen LogP contribution >= 0.6 is 0 Å². The van der Waals surface area contributed by atoms with Crippen molar-refractivity contribution in [1.82, 2.24) is 4.98 Å². The summed E-state index contributed by atoms with van der Waals surface area (Å²) in [5.74, 6) is -1.55. The molecule has 1 atom stereocenters. The van der Waals surface area contributed by atoms with E-state index in [1.165, 1.54) is 0 Å². The van der Waals surface area contributed by atoms with Gasteiger partial charge in [0.25, 0.3) is 5.91 Å². The minimum Gasteiger partial charge on any atom is -0.481 e. The third-order valence-electron chi connectivity index (χ3n) is 3.74. The standard InChI is InChI=1S/C16H14N2O3/c1-10(16(20)21)11-4-6-13(7-5-11)18-9-12-3-2-8-17-14(12)15(18)19/h2-8,10H,9H2,1H3,(H,20,21). The number of hydrogen-bond donors (Lipinski definition) is 1. The first-order chi connectivity index (χ1) is 10.1. The van der Waals surface area contributed by atoms with E-state index in [4.69, 9.17) is 5.11 Å². The summed E-state index contributed by atoms with van der Waals surface area (Å²) in [6.07, 6.45) is 1.61. The molecule has 3 rings (SSSR count). The highest BCUT2D eigenvalue weighted by atomic mass is 16.4. The maximum Gasteiger partial charge on any atom is 0.310 e. The lowest BCUT2D eigenvalue weighted by Crippen LogP contribution is -2.23. The van der Waals surface area contributed by atoms with Crippen molar-refractivity contribution in [2.75, 3.05) is 4.90 Å². The zero-order chi connectivity index (χ0) is 15.0. The van der Waals surface area contributed by atoms with E-state index in [0.29, 0.717) is 17.8 Å². The van der Waals surface area contributed by atoms with Crippen LogP contribution in [0.1, 0.15) is 34.5 Å². The molecule has 1 unspecified atom stereocenters. The van der Waals surface area contributed by atoms with Gasteiger partial charge < -0.3 is 10.0 Å². The zero-order valence-corrected chi connectivity index (χ0v) is 11.5. The average Bonchev–Trinajstić information content (AvgIpc) is 2.84. The topological polar surface area (TPSA) is 70.5 Å². The molecule has 0 aliphatic carbocycles. The Morgan fingerprint density at radius 2 is 2.00 bits per heavy atom. The lowest BCUT2D eigenvalue weighted by Gasteiger charge is -2.16. The van der Waals surface area contributed by atoms with Crippen LogP contribution in [-0.2, 0) is 11.3 Å². The zero-order valence-electron chi connectivity index (χ0n) is 11.5. The highest BCUT2D eigenvalue weighted by Gasteiger charge is 2.29. The average molecular weight is 282 g/mol. The molecule has 1 aliphatic heterocycles. The van der Waals surface area contributed by atoms with Crippen LogP contribution in [0.4, 0.5) is 5.69 Å². The summed E-state index contributed by atoms with van der Waals surface area (Å²) in [7, 11) is 0. The van der Waals surface area contributed by atoms with Crippen molar-refractivity contribution in [3.8, 4) is 0 Å². The Morgan fingerprint density at radius 1 is 1.29 bits per heavy atom. The molecule has 1 aliphatic rings. The van der Waals surface area contributed by atoms with Gasteiger partial charge >= 0.3 is 5.97 Å². The summed E-state index contributed by atoms with van der Waals surface area (Å²) in [6.45, 7) is 2.13. The lowest BCUT2D eigenvalue weighted by molar-refractivity contribution is -0.138. The monoisotopic (exact) mass is 282 g/mol. The van der Waals surface area contributed by atoms with Crippen LogP contribution in [0.3, 0.4) is 0 Å². The predicted octanol–water partition coefficient (Wildman–Crippen LogP) is 2.43. The maximum absolute atomic E-state index is 12.3.